The number of carbonyl (C=O) groups excluding carboxylic acids is 1. The first-order chi connectivity index (χ1) is 18.4. The van der Waals surface area contributed by atoms with Gasteiger partial charge in [-0.3, -0.25) is 0 Å². The summed E-state index contributed by atoms with van der Waals surface area (Å²) in [6.45, 7) is 4.05. The Kier molecular flexibility index (Phi) is 6.93. The molecule has 2 aliphatic heterocycles. The molecule has 11 heteroatoms. The number of carbonyl (C=O) groups is 1. The first-order valence-electron chi connectivity index (χ1n) is 12.6. The number of nitrogens with zero attached hydrogens (tertiary/aromatic N) is 5. The van der Waals surface area contributed by atoms with E-state index in [0.29, 0.717) is 48.8 Å². The number of anilines is 3. The van der Waals surface area contributed by atoms with E-state index in [1.54, 1.807) is 30.5 Å². The average Bonchev–Trinajstić information content (AvgIpc) is 3.52. The number of hydrogen-bond donors (Lipinski definition) is 1. The molecule has 2 aromatic carbocycles. The number of pyridine rings is 1. The van der Waals surface area contributed by atoms with Crippen molar-refractivity contribution in [2.24, 2.45) is 0 Å². The number of fused-ring (bicyclic) bond motifs is 1. The molecule has 0 saturated carbocycles. The fraction of sp³-hybridized carbons (Fsp3) is 0.296. The molecule has 196 valence electrons. The third-order valence-corrected chi connectivity index (χ3v) is 8.94. The van der Waals surface area contributed by atoms with Gasteiger partial charge in [0.1, 0.15) is 11.6 Å². The third-order valence-electron chi connectivity index (χ3n) is 7.18. The highest BCUT2D eigenvalue weighted by atomic mass is 32.1. The molecule has 0 bridgehead atoms. The van der Waals surface area contributed by atoms with Gasteiger partial charge in [-0.2, -0.15) is 4.37 Å². The summed E-state index contributed by atoms with van der Waals surface area (Å²) < 4.78 is 20.7. The summed E-state index contributed by atoms with van der Waals surface area (Å²) >= 11 is 1.50. The van der Waals surface area contributed by atoms with Crippen LogP contribution in [0.5, 0.6) is 0 Å². The molecular weight excluding hydrogens is 537 g/mol. The Bertz CT molecular complexity index is 1490. The lowest BCUT2D eigenvalue weighted by atomic mass is 10.0. The van der Waals surface area contributed by atoms with Gasteiger partial charge in [-0.15, -0.1) is 18.5 Å². The van der Waals surface area contributed by atoms with Crippen molar-refractivity contribution >= 4 is 63.5 Å². The predicted octanol–water partition coefficient (Wildman–Crippen LogP) is 5.51. The molecule has 7 nitrogen and oxygen atoms in total. The number of hydrogen-bond acceptors (Lipinski definition) is 6. The van der Waals surface area contributed by atoms with Crippen molar-refractivity contribution in [2.75, 3.05) is 54.4 Å². The highest BCUT2D eigenvalue weighted by Gasteiger charge is 2.33. The van der Waals surface area contributed by atoms with E-state index in [4.69, 9.17) is 0 Å². The summed E-state index contributed by atoms with van der Waals surface area (Å²) in [5.41, 5.74) is 1.61. The number of rotatable bonds is 4. The summed E-state index contributed by atoms with van der Waals surface area (Å²) in [7, 11) is 5.78. The quantitative estimate of drug-likeness (QED) is 0.330. The van der Waals surface area contributed by atoms with Crippen molar-refractivity contribution in [3.8, 4) is 11.1 Å². The molecule has 2 aliphatic rings. The van der Waals surface area contributed by atoms with Gasteiger partial charge in [-0.1, -0.05) is 30.3 Å². The van der Waals surface area contributed by atoms with Crippen molar-refractivity contribution in [2.45, 2.75) is 11.3 Å². The van der Waals surface area contributed by atoms with Gasteiger partial charge in [0.25, 0.3) is 0 Å². The van der Waals surface area contributed by atoms with Crippen LogP contribution in [0.25, 0.3) is 21.2 Å². The van der Waals surface area contributed by atoms with E-state index in [1.165, 1.54) is 17.6 Å². The second-order valence-electron chi connectivity index (χ2n) is 9.85. The fourth-order valence-electron chi connectivity index (χ4n) is 5.16. The maximum atomic E-state index is 14.9. The van der Waals surface area contributed by atoms with Crippen molar-refractivity contribution < 1.29 is 9.18 Å². The second-order valence-corrected chi connectivity index (χ2v) is 13.6. The van der Waals surface area contributed by atoms with E-state index < -0.39 is 0 Å². The van der Waals surface area contributed by atoms with Gasteiger partial charge in [-0.05, 0) is 42.2 Å². The molecule has 2 aromatic heterocycles. The van der Waals surface area contributed by atoms with Gasteiger partial charge in [0.15, 0.2) is 5.82 Å². The molecule has 38 heavy (non-hydrogen) atoms. The summed E-state index contributed by atoms with van der Waals surface area (Å²) in [6.07, 6.45) is 2.64. The van der Waals surface area contributed by atoms with Gasteiger partial charge in [0, 0.05) is 66.9 Å². The molecule has 2 amide bonds. The normalized spacial score (nSPS) is 17.3. The molecule has 2 saturated heterocycles. The van der Waals surface area contributed by atoms with Crippen LogP contribution >= 0.6 is 30.0 Å². The van der Waals surface area contributed by atoms with Crippen molar-refractivity contribution in [1.82, 2.24) is 14.3 Å². The minimum absolute atomic E-state index is 0.0207. The number of amides is 2. The fourth-order valence-corrected chi connectivity index (χ4v) is 6.66. The van der Waals surface area contributed by atoms with E-state index >= 15 is 0 Å². The van der Waals surface area contributed by atoms with E-state index in [1.807, 2.05) is 17.0 Å². The van der Waals surface area contributed by atoms with E-state index in [-0.39, 0.29) is 16.7 Å². The molecule has 1 N–H and O–H groups in total. The summed E-state index contributed by atoms with van der Waals surface area (Å²) in [5.74, 6) is 1.31. The molecular formula is C27H29FN6OP2S. The predicted molar refractivity (Wildman–Crippen MR) is 161 cm³/mol. The molecule has 6 rings (SSSR count). The molecule has 2 unspecified atom stereocenters. The number of halogens is 1. The molecule has 4 heterocycles. The number of urea groups is 1. The van der Waals surface area contributed by atoms with Gasteiger partial charge < -0.3 is 20.0 Å². The Morgan fingerprint density at radius 3 is 2.45 bits per heavy atom. The summed E-state index contributed by atoms with van der Waals surface area (Å²) in [4.78, 5) is 24.4. The van der Waals surface area contributed by atoms with Crippen LogP contribution in [0.4, 0.5) is 26.5 Å². The highest BCUT2D eigenvalue weighted by molar-refractivity contribution is 7.40. The van der Waals surface area contributed by atoms with Crippen LogP contribution < -0.4 is 15.1 Å². The van der Waals surface area contributed by atoms with E-state index in [0.717, 1.165) is 35.4 Å². The van der Waals surface area contributed by atoms with Gasteiger partial charge in [0.2, 0.25) is 0 Å². The lowest BCUT2D eigenvalue weighted by Gasteiger charge is -2.35. The summed E-state index contributed by atoms with van der Waals surface area (Å²) in [5, 5.41) is 4.28. The smallest absolute Gasteiger partial charge is 0.322 e. The van der Waals surface area contributed by atoms with Crippen LogP contribution in [0.2, 0.25) is 0 Å². The lowest BCUT2D eigenvalue weighted by Crippen LogP contribution is -2.50. The van der Waals surface area contributed by atoms with Crippen LogP contribution in [0.3, 0.4) is 0 Å². The molecule has 2 atom stereocenters. The number of aromatic nitrogens is 2. The molecule has 0 spiro atoms. The van der Waals surface area contributed by atoms with Crippen LogP contribution in [-0.2, 0) is 0 Å². The van der Waals surface area contributed by atoms with Crippen LogP contribution in [-0.4, -0.2) is 64.5 Å². The topological polar surface area (TPSA) is 64.6 Å². The zero-order valence-corrected chi connectivity index (χ0v) is 23.9. The Balaban J connectivity index is 1.25. The number of nitrogens with one attached hydrogen (secondary N) is 1. The Morgan fingerprint density at radius 2 is 1.68 bits per heavy atom. The molecule has 0 aliphatic carbocycles. The van der Waals surface area contributed by atoms with Gasteiger partial charge >= 0.3 is 6.03 Å². The highest BCUT2D eigenvalue weighted by Crippen LogP contribution is 2.43. The molecule has 0 radical (unpaired) electrons. The zero-order valence-electron chi connectivity index (χ0n) is 20.8. The van der Waals surface area contributed by atoms with Crippen LogP contribution in [0.15, 0.2) is 60.8 Å². The molecule has 2 fully saturated rings. The second kappa shape index (κ2) is 10.4. The SMILES string of the molecule is O=C(Nc1c(-c2ccccc2F)ccnc1N1CCC(P)(P)C1)N1CCN(c2nsc3ccccc23)CC1. The first-order valence-corrected chi connectivity index (χ1v) is 14.5. The average molecular weight is 567 g/mol. The monoisotopic (exact) mass is 566 g/mol. The summed E-state index contributed by atoms with van der Waals surface area (Å²) in [6, 6.07) is 16.4. The van der Waals surface area contributed by atoms with E-state index in [2.05, 4.69) is 55.1 Å². The minimum Gasteiger partial charge on any atom is -0.354 e. The first kappa shape index (κ1) is 25.4. The standard InChI is InChI=1S/C27H29FN6OP2S/c28-21-7-3-1-5-18(21)19-9-11-29-25(34-12-10-27(36,37)17-34)23(19)30-26(35)33-15-13-32(14-16-33)24-20-6-2-4-8-22(20)38-31-24/h1-9,11H,10,12-17,36-37H2,(H,30,35). The number of benzene rings is 2. The Labute approximate surface area is 230 Å². The molecule has 4 aromatic rings. The minimum atomic E-state index is -0.336. The van der Waals surface area contributed by atoms with Gasteiger partial charge in [0.05, 0.1) is 10.4 Å². The van der Waals surface area contributed by atoms with E-state index in [9.17, 15) is 9.18 Å². The maximum Gasteiger partial charge on any atom is 0.322 e. The van der Waals surface area contributed by atoms with Crippen LogP contribution in [0.1, 0.15) is 6.42 Å². The van der Waals surface area contributed by atoms with Crippen molar-refractivity contribution in [1.29, 1.82) is 0 Å². The lowest BCUT2D eigenvalue weighted by molar-refractivity contribution is 0.208. The Hall–Kier alpha value is -2.86. The number of piperazine rings is 1. The largest absolute Gasteiger partial charge is 0.354 e. The maximum absolute atomic E-state index is 14.9. The van der Waals surface area contributed by atoms with Crippen LogP contribution in [0, 0.1) is 5.82 Å². The third kappa shape index (κ3) is 4.95. The van der Waals surface area contributed by atoms with Crippen molar-refractivity contribution in [3.63, 3.8) is 0 Å². The Morgan fingerprint density at radius 1 is 0.921 bits per heavy atom. The van der Waals surface area contributed by atoms with Gasteiger partial charge in [-0.25, -0.2) is 14.2 Å². The van der Waals surface area contributed by atoms with Crippen molar-refractivity contribution in [3.05, 3.63) is 66.6 Å². The zero-order chi connectivity index (χ0) is 26.3.